The van der Waals surface area contributed by atoms with Crippen LogP contribution >= 0.6 is 22.6 Å². The second kappa shape index (κ2) is 14.2. The maximum Gasteiger partial charge on any atom is 0.251 e. The molecule has 9 heteroatoms. The van der Waals surface area contributed by atoms with Gasteiger partial charge in [-0.3, -0.25) is 14.4 Å². The Morgan fingerprint density at radius 3 is 1.85 bits per heavy atom. The summed E-state index contributed by atoms with van der Waals surface area (Å²) < 4.78 is 12.0. The first-order valence-electron chi connectivity index (χ1n) is 11.3. The Balaban J connectivity index is 2.11. The molecule has 1 atom stereocenters. The summed E-state index contributed by atoms with van der Waals surface area (Å²) in [6.07, 6.45) is -0.610. The van der Waals surface area contributed by atoms with Crippen LogP contribution in [0.5, 0.6) is 0 Å². The minimum absolute atomic E-state index is 0.117. The standard InChI is InChI=1S/C24H40IN3O5/c1-18(33-28(23(2,3)4)24(5,6)7)21(29)26-12-14-31-16-17-32-15-13-27-22(30)19-8-10-20(25)11-9-19/h8-11,18H,12-17H2,1-7H3,(H,26,29)(H,27,30). The number of amides is 2. The molecular weight excluding hydrogens is 537 g/mol. The fraction of sp³-hybridized carbons (Fsp3) is 0.667. The SMILES string of the molecule is CC(ON(C(C)(C)C)C(C)(C)C)C(=O)NCCOCCOCCNC(=O)c1ccc(I)cc1. The zero-order chi connectivity index (χ0) is 25.1. The van der Waals surface area contributed by atoms with E-state index in [0.29, 0.717) is 45.1 Å². The lowest BCUT2D eigenvalue weighted by atomic mass is 10.00. The van der Waals surface area contributed by atoms with Crippen molar-refractivity contribution < 1.29 is 23.9 Å². The number of hydrogen-bond acceptors (Lipinski definition) is 6. The van der Waals surface area contributed by atoms with Crippen molar-refractivity contribution in [3.8, 4) is 0 Å². The molecule has 1 aromatic rings. The number of hydrogen-bond donors (Lipinski definition) is 2. The normalized spacial score (nSPS) is 13.1. The number of hydroxylamine groups is 2. The van der Waals surface area contributed by atoms with Gasteiger partial charge in [-0.1, -0.05) is 0 Å². The van der Waals surface area contributed by atoms with Crippen molar-refractivity contribution >= 4 is 34.4 Å². The molecule has 2 N–H and O–H groups in total. The number of halogens is 1. The van der Waals surface area contributed by atoms with Gasteiger partial charge in [0.15, 0.2) is 6.10 Å². The van der Waals surface area contributed by atoms with Crippen molar-refractivity contribution in [2.45, 2.75) is 65.6 Å². The molecule has 8 nitrogen and oxygen atoms in total. The smallest absolute Gasteiger partial charge is 0.251 e. The molecule has 0 aliphatic carbocycles. The van der Waals surface area contributed by atoms with E-state index in [4.69, 9.17) is 14.3 Å². The number of carbonyl (C=O) groups excluding carboxylic acids is 2. The molecule has 0 spiro atoms. The number of benzene rings is 1. The van der Waals surface area contributed by atoms with E-state index in [2.05, 4.69) is 74.8 Å². The van der Waals surface area contributed by atoms with Crippen molar-refractivity contribution in [2.75, 3.05) is 39.5 Å². The van der Waals surface area contributed by atoms with E-state index < -0.39 is 6.10 Å². The number of carbonyl (C=O) groups is 2. The summed E-state index contributed by atoms with van der Waals surface area (Å²) in [5.41, 5.74) is 0.156. The fourth-order valence-corrected chi connectivity index (χ4v) is 3.54. The largest absolute Gasteiger partial charge is 0.377 e. The fourth-order valence-electron chi connectivity index (χ4n) is 3.18. The highest BCUT2D eigenvalue weighted by atomic mass is 127. The van der Waals surface area contributed by atoms with Crippen molar-refractivity contribution in [3.63, 3.8) is 0 Å². The number of nitrogens with one attached hydrogen (secondary N) is 2. The van der Waals surface area contributed by atoms with E-state index in [1.54, 1.807) is 19.1 Å². The lowest BCUT2D eigenvalue weighted by Gasteiger charge is -2.44. The van der Waals surface area contributed by atoms with Gasteiger partial charge in [-0.2, -0.15) is 5.06 Å². The Labute approximate surface area is 212 Å². The molecule has 188 valence electrons. The monoisotopic (exact) mass is 577 g/mol. The topological polar surface area (TPSA) is 89.1 Å². The van der Waals surface area contributed by atoms with Gasteiger partial charge in [0.05, 0.1) is 26.4 Å². The molecule has 33 heavy (non-hydrogen) atoms. The first-order chi connectivity index (χ1) is 15.3. The quantitative estimate of drug-likeness (QED) is 0.212. The molecule has 0 heterocycles. The van der Waals surface area contributed by atoms with Gasteiger partial charge < -0.3 is 20.1 Å². The molecule has 1 unspecified atom stereocenters. The van der Waals surface area contributed by atoms with Crippen LogP contribution in [0.4, 0.5) is 0 Å². The third-order valence-corrected chi connectivity index (χ3v) is 5.13. The molecule has 1 aromatic carbocycles. The van der Waals surface area contributed by atoms with Crippen LogP contribution in [0.3, 0.4) is 0 Å². The molecular formula is C24H40IN3O5. The lowest BCUT2D eigenvalue weighted by Crippen LogP contribution is -2.55. The van der Waals surface area contributed by atoms with Crippen LogP contribution in [0, 0.1) is 3.57 Å². The zero-order valence-electron chi connectivity index (χ0n) is 21.0. The second-order valence-corrected chi connectivity index (χ2v) is 10.9. The molecule has 0 saturated carbocycles. The molecule has 0 aliphatic heterocycles. The van der Waals surface area contributed by atoms with E-state index in [1.807, 2.05) is 17.2 Å². The van der Waals surface area contributed by atoms with Crippen LogP contribution in [-0.4, -0.2) is 73.6 Å². The van der Waals surface area contributed by atoms with Crippen LogP contribution in [0.15, 0.2) is 24.3 Å². The Kier molecular flexibility index (Phi) is 12.8. The van der Waals surface area contributed by atoms with Crippen LogP contribution in [-0.2, 0) is 19.1 Å². The highest BCUT2D eigenvalue weighted by Gasteiger charge is 2.35. The van der Waals surface area contributed by atoms with E-state index in [1.165, 1.54) is 0 Å². The first kappa shape index (κ1) is 29.8. The highest BCUT2D eigenvalue weighted by Crippen LogP contribution is 2.26. The van der Waals surface area contributed by atoms with E-state index in [9.17, 15) is 9.59 Å². The van der Waals surface area contributed by atoms with Crippen molar-refractivity contribution in [3.05, 3.63) is 33.4 Å². The van der Waals surface area contributed by atoms with Crippen LogP contribution < -0.4 is 10.6 Å². The number of nitrogens with zero attached hydrogens (tertiary/aromatic N) is 1. The molecule has 0 aromatic heterocycles. The summed E-state index contributed by atoms with van der Waals surface area (Å²) in [5.74, 6) is -0.300. The van der Waals surface area contributed by atoms with Gasteiger partial charge in [-0.25, -0.2) is 0 Å². The predicted octanol–water partition coefficient (Wildman–Crippen LogP) is 3.39. The number of rotatable bonds is 13. The Morgan fingerprint density at radius 2 is 1.36 bits per heavy atom. The zero-order valence-corrected chi connectivity index (χ0v) is 23.2. The van der Waals surface area contributed by atoms with Crippen LogP contribution in [0.2, 0.25) is 0 Å². The maximum absolute atomic E-state index is 12.3. The Hall–Kier alpha value is -1.27. The summed E-state index contributed by atoms with van der Waals surface area (Å²) in [6, 6.07) is 7.38. The average Bonchev–Trinajstić information content (AvgIpc) is 2.71. The molecule has 0 bridgehead atoms. The van der Waals surface area contributed by atoms with Gasteiger partial charge in [0.2, 0.25) is 0 Å². The molecule has 0 saturated heterocycles. The second-order valence-electron chi connectivity index (χ2n) is 9.66. The molecule has 0 fully saturated rings. The van der Waals surface area contributed by atoms with Gasteiger partial charge in [0.25, 0.3) is 11.8 Å². The minimum atomic E-state index is -0.610. The van der Waals surface area contributed by atoms with Gasteiger partial charge in [0, 0.05) is 33.3 Å². The van der Waals surface area contributed by atoms with E-state index >= 15 is 0 Å². The Bertz CT molecular complexity index is 715. The number of ether oxygens (including phenoxy) is 2. The summed E-state index contributed by atoms with van der Waals surface area (Å²) in [6.45, 7) is 16.5. The third-order valence-electron chi connectivity index (χ3n) is 4.41. The lowest BCUT2D eigenvalue weighted by molar-refractivity contribution is -0.275. The van der Waals surface area contributed by atoms with Crippen LogP contribution in [0.1, 0.15) is 58.8 Å². The van der Waals surface area contributed by atoms with Gasteiger partial charge in [-0.05, 0) is 95.3 Å². The predicted molar refractivity (Wildman–Crippen MR) is 138 cm³/mol. The third kappa shape index (κ3) is 12.1. The van der Waals surface area contributed by atoms with E-state index in [-0.39, 0.29) is 22.9 Å². The summed E-state index contributed by atoms with van der Waals surface area (Å²) in [5, 5.41) is 7.51. The minimum Gasteiger partial charge on any atom is -0.377 e. The van der Waals surface area contributed by atoms with Crippen LogP contribution in [0.25, 0.3) is 0 Å². The molecule has 1 rings (SSSR count). The summed E-state index contributed by atoms with van der Waals surface area (Å²) in [7, 11) is 0. The highest BCUT2D eigenvalue weighted by molar-refractivity contribution is 14.1. The summed E-state index contributed by atoms with van der Waals surface area (Å²) in [4.78, 5) is 30.3. The maximum atomic E-state index is 12.3. The molecule has 2 amide bonds. The first-order valence-corrected chi connectivity index (χ1v) is 12.3. The summed E-state index contributed by atoms with van der Waals surface area (Å²) >= 11 is 2.20. The van der Waals surface area contributed by atoms with Crippen molar-refractivity contribution in [2.24, 2.45) is 0 Å². The Morgan fingerprint density at radius 1 is 0.879 bits per heavy atom. The van der Waals surface area contributed by atoms with Gasteiger partial charge >= 0.3 is 0 Å². The molecule has 0 radical (unpaired) electrons. The van der Waals surface area contributed by atoms with E-state index in [0.717, 1.165) is 3.57 Å². The van der Waals surface area contributed by atoms with Gasteiger partial charge in [-0.15, -0.1) is 0 Å². The van der Waals surface area contributed by atoms with Crippen molar-refractivity contribution in [1.29, 1.82) is 0 Å². The van der Waals surface area contributed by atoms with Gasteiger partial charge in [0.1, 0.15) is 0 Å². The van der Waals surface area contributed by atoms with Crippen molar-refractivity contribution in [1.82, 2.24) is 15.7 Å². The molecule has 0 aliphatic rings. The average molecular weight is 578 g/mol.